The predicted molar refractivity (Wildman–Crippen MR) is 71.9 cm³/mol. The van der Waals surface area contributed by atoms with E-state index in [4.69, 9.17) is 5.26 Å². The Morgan fingerprint density at radius 3 is 2.78 bits per heavy atom. The van der Waals surface area contributed by atoms with E-state index in [2.05, 4.69) is 5.32 Å². The number of nitrogens with zero attached hydrogens (tertiary/aromatic N) is 2. The molecule has 0 fully saturated rings. The van der Waals surface area contributed by atoms with Crippen molar-refractivity contribution in [2.75, 3.05) is 30.7 Å². The van der Waals surface area contributed by atoms with E-state index in [1.807, 2.05) is 6.07 Å². The van der Waals surface area contributed by atoms with Crippen molar-refractivity contribution < 1.29 is 8.42 Å². The van der Waals surface area contributed by atoms with Crippen molar-refractivity contribution in [2.24, 2.45) is 0 Å². The lowest BCUT2D eigenvalue weighted by atomic mass is 10.2. The van der Waals surface area contributed by atoms with E-state index in [9.17, 15) is 8.42 Å². The molecule has 0 saturated carbocycles. The number of sulfonamides is 1. The number of hydrogen-bond acceptors (Lipinski definition) is 4. The first kappa shape index (κ1) is 14.5. The molecule has 0 unspecified atom stereocenters. The van der Waals surface area contributed by atoms with Crippen molar-refractivity contribution in [2.45, 2.75) is 6.42 Å². The van der Waals surface area contributed by atoms with E-state index in [1.54, 1.807) is 31.3 Å². The summed E-state index contributed by atoms with van der Waals surface area (Å²) < 4.78 is 25.3. The van der Waals surface area contributed by atoms with Crippen LogP contribution in [0.1, 0.15) is 12.0 Å². The molecule has 18 heavy (non-hydrogen) atoms. The summed E-state index contributed by atoms with van der Waals surface area (Å²) in [6.07, 6.45) is 0.557. The van der Waals surface area contributed by atoms with E-state index in [-0.39, 0.29) is 5.75 Å². The number of benzene rings is 1. The van der Waals surface area contributed by atoms with Crippen LogP contribution in [0.15, 0.2) is 24.3 Å². The van der Waals surface area contributed by atoms with Gasteiger partial charge >= 0.3 is 0 Å². The van der Waals surface area contributed by atoms with Gasteiger partial charge in [0.1, 0.15) is 0 Å². The minimum atomic E-state index is -3.33. The first-order chi connectivity index (χ1) is 8.51. The minimum Gasteiger partial charge on any atom is -0.320 e. The Bertz CT molecular complexity index is 534. The van der Waals surface area contributed by atoms with E-state index in [0.717, 1.165) is 0 Å². The molecule has 1 aromatic carbocycles. The smallest absolute Gasteiger partial charge is 0.234 e. The number of nitriles is 1. The van der Waals surface area contributed by atoms with Gasteiger partial charge in [-0.15, -0.1) is 0 Å². The monoisotopic (exact) mass is 267 g/mol. The summed E-state index contributed by atoms with van der Waals surface area (Å²) in [6, 6.07) is 8.55. The summed E-state index contributed by atoms with van der Waals surface area (Å²) in [5, 5.41) is 11.7. The zero-order valence-corrected chi connectivity index (χ0v) is 11.4. The predicted octanol–water partition coefficient (Wildman–Crippen LogP) is 0.934. The van der Waals surface area contributed by atoms with Crippen LogP contribution in [0.4, 0.5) is 5.69 Å². The lowest BCUT2D eigenvalue weighted by Crippen LogP contribution is -2.30. The van der Waals surface area contributed by atoms with Crippen LogP contribution in [0.5, 0.6) is 0 Å². The summed E-state index contributed by atoms with van der Waals surface area (Å²) >= 11 is 0. The molecule has 0 aliphatic heterocycles. The van der Waals surface area contributed by atoms with Gasteiger partial charge in [0.25, 0.3) is 0 Å². The average molecular weight is 267 g/mol. The Kier molecular flexibility index (Phi) is 5.13. The van der Waals surface area contributed by atoms with E-state index < -0.39 is 10.0 Å². The first-order valence-corrected chi connectivity index (χ1v) is 7.23. The van der Waals surface area contributed by atoms with Gasteiger partial charge in [-0.2, -0.15) is 5.26 Å². The molecule has 5 nitrogen and oxygen atoms in total. The normalized spacial score (nSPS) is 10.9. The van der Waals surface area contributed by atoms with Crippen LogP contribution >= 0.6 is 0 Å². The Balaban J connectivity index is 2.85. The molecule has 98 valence electrons. The second-order valence-corrected chi connectivity index (χ2v) is 6.02. The lowest BCUT2D eigenvalue weighted by Gasteiger charge is -2.19. The highest BCUT2D eigenvalue weighted by molar-refractivity contribution is 7.92. The quantitative estimate of drug-likeness (QED) is 0.778. The molecule has 0 aliphatic rings. The second kappa shape index (κ2) is 6.38. The highest BCUT2D eigenvalue weighted by Gasteiger charge is 2.17. The molecule has 0 atom stereocenters. The standard InChI is InChI=1S/C12H17N3O2S/c1-14-7-4-8-18(16,17)15(2)12-6-3-5-11(9-12)10-13/h3,5-6,9,14H,4,7-8H2,1-2H3. The molecule has 0 bridgehead atoms. The third-order valence-corrected chi connectivity index (χ3v) is 4.44. The summed E-state index contributed by atoms with van der Waals surface area (Å²) in [4.78, 5) is 0. The Morgan fingerprint density at radius 2 is 2.17 bits per heavy atom. The van der Waals surface area contributed by atoms with Crippen molar-refractivity contribution in [3.05, 3.63) is 29.8 Å². The molecule has 1 aromatic rings. The maximum atomic E-state index is 12.0. The summed E-state index contributed by atoms with van der Waals surface area (Å²) in [5.41, 5.74) is 0.961. The molecule has 0 radical (unpaired) electrons. The summed E-state index contributed by atoms with van der Waals surface area (Å²) in [7, 11) is -0.0370. The van der Waals surface area contributed by atoms with Gasteiger partial charge in [-0.3, -0.25) is 4.31 Å². The molecule has 0 saturated heterocycles. The largest absolute Gasteiger partial charge is 0.320 e. The van der Waals surface area contributed by atoms with Crippen molar-refractivity contribution in [1.29, 1.82) is 5.26 Å². The van der Waals surface area contributed by atoms with Gasteiger partial charge in [-0.05, 0) is 38.2 Å². The van der Waals surface area contributed by atoms with Crippen LogP contribution in [0.25, 0.3) is 0 Å². The number of anilines is 1. The zero-order valence-electron chi connectivity index (χ0n) is 10.5. The van der Waals surface area contributed by atoms with Gasteiger partial charge in [0.05, 0.1) is 23.1 Å². The first-order valence-electron chi connectivity index (χ1n) is 5.62. The third kappa shape index (κ3) is 3.72. The fraction of sp³-hybridized carbons (Fsp3) is 0.417. The van der Waals surface area contributed by atoms with Gasteiger partial charge < -0.3 is 5.32 Å². The van der Waals surface area contributed by atoms with Crippen LogP contribution in [0.3, 0.4) is 0 Å². The molecular formula is C12H17N3O2S. The van der Waals surface area contributed by atoms with Crippen molar-refractivity contribution in [3.63, 3.8) is 0 Å². The summed E-state index contributed by atoms with van der Waals surface area (Å²) in [6.45, 7) is 0.658. The molecule has 1 N–H and O–H groups in total. The Hall–Kier alpha value is -1.58. The number of rotatable bonds is 6. The summed E-state index contributed by atoms with van der Waals surface area (Å²) in [5.74, 6) is 0.0844. The van der Waals surface area contributed by atoms with E-state index >= 15 is 0 Å². The molecule has 0 aromatic heterocycles. The molecule has 1 rings (SSSR count). The van der Waals surface area contributed by atoms with Crippen LogP contribution < -0.4 is 9.62 Å². The maximum Gasteiger partial charge on any atom is 0.234 e. The van der Waals surface area contributed by atoms with Gasteiger partial charge in [-0.1, -0.05) is 6.07 Å². The topological polar surface area (TPSA) is 73.2 Å². The number of nitrogens with one attached hydrogen (secondary N) is 1. The van der Waals surface area contributed by atoms with Gasteiger partial charge in [0, 0.05) is 7.05 Å². The fourth-order valence-corrected chi connectivity index (χ4v) is 2.72. The van der Waals surface area contributed by atoms with Crippen molar-refractivity contribution in [3.8, 4) is 6.07 Å². The van der Waals surface area contributed by atoms with Crippen molar-refractivity contribution in [1.82, 2.24) is 5.32 Å². The Labute approximate surface area is 108 Å². The van der Waals surface area contributed by atoms with E-state index in [0.29, 0.717) is 24.2 Å². The van der Waals surface area contributed by atoms with Gasteiger partial charge in [-0.25, -0.2) is 8.42 Å². The van der Waals surface area contributed by atoms with Crippen LogP contribution in [-0.4, -0.2) is 34.8 Å². The number of hydrogen-bond donors (Lipinski definition) is 1. The highest BCUT2D eigenvalue weighted by atomic mass is 32.2. The highest BCUT2D eigenvalue weighted by Crippen LogP contribution is 2.18. The molecule has 0 aliphatic carbocycles. The van der Waals surface area contributed by atoms with Gasteiger partial charge in [0.15, 0.2) is 0 Å². The SMILES string of the molecule is CNCCCS(=O)(=O)N(C)c1cccc(C#N)c1. The minimum absolute atomic E-state index is 0.0844. The third-order valence-electron chi connectivity index (χ3n) is 2.59. The molecule has 0 spiro atoms. The van der Waals surface area contributed by atoms with Crippen LogP contribution in [-0.2, 0) is 10.0 Å². The molecule has 0 heterocycles. The molecule has 6 heteroatoms. The zero-order chi connectivity index (χ0) is 13.6. The Morgan fingerprint density at radius 1 is 1.44 bits per heavy atom. The average Bonchev–Trinajstić information content (AvgIpc) is 2.38. The van der Waals surface area contributed by atoms with Gasteiger partial charge in [0.2, 0.25) is 10.0 Å². The van der Waals surface area contributed by atoms with Crippen LogP contribution in [0.2, 0.25) is 0 Å². The van der Waals surface area contributed by atoms with Crippen LogP contribution in [0, 0.1) is 11.3 Å². The molecule has 0 amide bonds. The fourth-order valence-electron chi connectivity index (χ4n) is 1.50. The lowest BCUT2D eigenvalue weighted by molar-refractivity contribution is 0.590. The van der Waals surface area contributed by atoms with Crippen molar-refractivity contribution >= 4 is 15.7 Å². The molecular weight excluding hydrogens is 250 g/mol. The second-order valence-electron chi connectivity index (χ2n) is 3.90. The maximum absolute atomic E-state index is 12.0. The van der Waals surface area contributed by atoms with E-state index in [1.165, 1.54) is 11.4 Å².